The lowest BCUT2D eigenvalue weighted by Gasteiger charge is -2.32. The second-order valence-electron chi connectivity index (χ2n) is 7.96. The summed E-state index contributed by atoms with van der Waals surface area (Å²) in [5, 5.41) is 17.8. The second kappa shape index (κ2) is 11.8. The van der Waals surface area contributed by atoms with Crippen molar-refractivity contribution in [2.24, 2.45) is 0 Å². The van der Waals surface area contributed by atoms with E-state index >= 15 is 0 Å². The fraction of sp³-hybridized carbons (Fsp3) is 0.333. The molecule has 2 aromatic carbocycles. The Kier molecular flexibility index (Phi) is 8.63. The Morgan fingerprint density at radius 1 is 1.03 bits per heavy atom. The molecule has 1 aliphatic heterocycles. The van der Waals surface area contributed by atoms with Gasteiger partial charge in [-0.3, -0.25) is 9.36 Å². The maximum atomic E-state index is 12.4. The van der Waals surface area contributed by atoms with Gasteiger partial charge in [0.25, 0.3) is 5.91 Å². The first kappa shape index (κ1) is 25.5. The van der Waals surface area contributed by atoms with E-state index < -0.39 is 11.9 Å². The van der Waals surface area contributed by atoms with Gasteiger partial charge in [-0.2, -0.15) is 0 Å². The summed E-state index contributed by atoms with van der Waals surface area (Å²) < 4.78 is 7.15. The van der Waals surface area contributed by atoms with E-state index in [9.17, 15) is 9.59 Å². The third kappa shape index (κ3) is 6.48. The molecule has 1 aliphatic rings. The van der Waals surface area contributed by atoms with Crippen molar-refractivity contribution >= 4 is 28.9 Å². The molecule has 1 saturated heterocycles. The maximum absolute atomic E-state index is 12.4. The lowest BCUT2D eigenvalue weighted by atomic mass is 10.0. The van der Waals surface area contributed by atoms with Gasteiger partial charge in [0.05, 0.1) is 23.7 Å². The van der Waals surface area contributed by atoms with Crippen molar-refractivity contribution < 1.29 is 29.3 Å². The number of hydrogen-bond acceptors (Lipinski definition) is 6. The Hall–Kier alpha value is -4.12. The van der Waals surface area contributed by atoms with Crippen LogP contribution < -0.4 is 15.7 Å². The molecule has 11 nitrogen and oxygen atoms in total. The van der Waals surface area contributed by atoms with Gasteiger partial charge < -0.3 is 30.2 Å². The van der Waals surface area contributed by atoms with Crippen molar-refractivity contribution in [1.29, 1.82) is 0 Å². The zero-order valence-corrected chi connectivity index (χ0v) is 19.3. The number of nitrogens with zero attached hydrogens (tertiary/aromatic N) is 2. The number of ether oxygens (including phenoxy) is 1. The Labute approximate surface area is 200 Å². The molecule has 3 aromatic rings. The third-order valence-electron chi connectivity index (χ3n) is 5.79. The molecule has 4 N–H and O–H groups in total. The molecule has 1 aromatic heterocycles. The van der Waals surface area contributed by atoms with Crippen LogP contribution >= 0.6 is 0 Å². The van der Waals surface area contributed by atoms with Crippen molar-refractivity contribution in [3.05, 3.63) is 64.6 Å². The molecule has 2 heterocycles. The van der Waals surface area contributed by atoms with E-state index in [1.807, 2.05) is 41.0 Å². The lowest BCUT2D eigenvalue weighted by Crippen LogP contribution is -2.41. The van der Waals surface area contributed by atoms with Crippen molar-refractivity contribution in [2.75, 3.05) is 33.3 Å². The van der Waals surface area contributed by atoms with Crippen LogP contribution in [-0.2, 0) is 9.59 Å². The summed E-state index contributed by atoms with van der Waals surface area (Å²) in [6.07, 6.45) is 1.84. The number of aromatic nitrogens is 2. The second-order valence-corrected chi connectivity index (χ2v) is 7.96. The quantitative estimate of drug-likeness (QED) is 0.385. The number of para-hydroxylation sites is 3. The molecule has 1 amide bonds. The van der Waals surface area contributed by atoms with Crippen LogP contribution in [-0.4, -0.2) is 75.8 Å². The van der Waals surface area contributed by atoms with E-state index in [4.69, 9.17) is 24.5 Å². The predicted molar refractivity (Wildman–Crippen MR) is 128 cm³/mol. The van der Waals surface area contributed by atoms with Crippen LogP contribution in [0.4, 0.5) is 0 Å². The third-order valence-corrected chi connectivity index (χ3v) is 5.79. The monoisotopic (exact) mass is 484 g/mol. The summed E-state index contributed by atoms with van der Waals surface area (Å²) in [6, 6.07) is 15.3. The minimum absolute atomic E-state index is 0.0336. The number of carbonyl (C=O) groups is 3. The number of carbonyl (C=O) groups excluding carboxylic acids is 1. The fourth-order valence-electron chi connectivity index (χ4n) is 4.09. The lowest BCUT2D eigenvalue weighted by molar-refractivity contribution is -0.159. The molecule has 1 fully saturated rings. The van der Waals surface area contributed by atoms with Gasteiger partial charge >= 0.3 is 17.6 Å². The van der Waals surface area contributed by atoms with Crippen molar-refractivity contribution in [3.8, 4) is 5.75 Å². The molecule has 0 atom stereocenters. The highest BCUT2D eigenvalue weighted by Gasteiger charge is 2.23. The van der Waals surface area contributed by atoms with Gasteiger partial charge in [-0.1, -0.05) is 24.3 Å². The highest BCUT2D eigenvalue weighted by atomic mass is 16.5. The summed E-state index contributed by atoms with van der Waals surface area (Å²) in [5.74, 6) is -3.19. The number of H-pyrrole nitrogens is 1. The summed E-state index contributed by atoms with van der Waals surface area (Å²) in [4.78, 5) is 48.2. The zero-order valence-electron chi connectivity index (χ0n) is 19.3. The zero-order chi connectivity index (χ0) is 25.4. The number of aromatic amines is 1. The largest absolute Gasteiger partial charge is 0.496 e. The number of imidazole rings is 1. The number of piperidine rings is 1. The maximum Gasteiger partial charge on any atom is 0.414 e. The molecular formula is C24H28N4O7. The first-order valence-corrected chi connectivity index (χ1v) is 11.1. The Morgan fingerprint density at radius 2 is 1.66 bits per heavy atom. The van der Waals surface area contributed by atoms with Gasteiger partial charge in [0.1, 0.15) is 5.75 Å². The number of fused-ring (bicyclic) bond motifs is 1. The SMILES string of the molecule is COc1ccccc1C(=O)NCCN1CCC(n2c(=O)[nH]c3ccccc32)CC1.O=C(O)C(=O)O. The van der Waals surface area contributed by atoms with E-state index in [2.05, 4.69) is 15.2 Å². The van der Waals surface area contributed by atoms with Crippen molar-refractivity contribution in [3.63, 3.8) is 0 Å². The van der Waals surface area contributed by atoms with E-state index in [-0.39, 0.29) is 17.6 Å². The Bertz CT molecular complexity index is 1230. The molecule has 0 unspecified atom stereocenters. The van der Waals surface area contributed by atoms with Crippen LogP contribution in [0.3, 0.4) is 0 Å². The molecule has 0 saturated carbocycles. The predicted octanol–water partition coefficient (Wildman–Crippen LogP) is 1.56. The number of benzene rings is 2. The Balaban J connectivity index is 0.000000509. The molecule has 11 heteroatoms. The molecule has 0 spiro atoms. The van der Waals surface area contributed by atoms with Crippen LogP contribution in [0.15, 0.2) is 53.3 Å². The van der Waals surface area contributed by atoms with Crippen LogP contribution in [0.25, 0.3) is 11.0 Å². The number of amides is 1. The topological polar surface area (TPSA) is 154 Å². The first-order chi connectivity index (χ1) is 16.8. The molecule has 0 aliphatic carbocycles. The van der Waals surface area contributed by atoms with Crippen LogP contribution in [0.5, 0.6) is 5.75 Å². The molecule has 35 heavy (non-hydrogen) atoms. The Morgan fingerprint density at radius 3 is 2.31 bits per heavy atom. The fourth-order valence-corrected chi connectivity index (χ4v) is 4.09. The number of rotatable bonds is 6. The number of aliphatic carboxylic acids is 2. The molecule has 4 rings (SSSR count). The minimum Gasteiger partial charge on any atom is -0.496 e. The highest BCUT2D eigenvalue weighted by Crippen LogP contribution is 2.24. The number of methoxy groups -OCH3 is 1. The highest BCUT2D eigenvalue weighted by molar-refractivity contribution is 6.27. The molecular weight excluding hydrogens is 456 g/mol. The van der Waals surface area contributed by atoms with Gasteiger partial charge in [0.2, 0.25) is 0 Å². The summed E-state index contributed by atoms with van der Waals surface area (Å²) >= 11 is 0. The average molecular weight is 485 g/mol. The van der Waals surface area contributed by atoms with Gasteiger partial charge in [-0.15, -0.1) is 0 Å². The van der Waals surface area contributed by atoms with E-state index in [0.717, 1.165) is 43.5 Å². The smallest absolute Gasteiger partial charge is 0.414 e. The summed E-state index contributed by atoms with van der Waals surface area (Å²) in [7, 11) is 1.56. The van der Waals surface area contributed by atoms with Crippen molar-refractivity contribution in [2.45, 2.75) is 18.9 Å². The van der Waals surface area contributed by atoms with Crippen LogP contribution in [0, 0.1) is 0 Å². The van der Waals surface area contributed by atoms with E-state index in [1.165, 1.54) is 0 Å². The number of carboxylic acids is 2. The number of nitrogens with one attached hydrogen (secondary N) is 2. The normalized spacial score (nSPS) is 14.1. The molecule has 186 valence electrons. The van der Waals surface area contributed by atoms with Gasteiger partial charge in [0.15, 0.2) is 0 Å². The van der Waals surface area contributed by atoms with Gasteiger partial charge in [-0.25, -0.2) is 14.4 Å². The number of likely N-dealkylation sites (tertiary alicyclic amines) is 1. The van der Waals surface area contributed by atoms with Gasteiger partial charge in [-0.05, 0) is 37.1 Å². The van der Waals surface area contributed by atoms with Crippen LogP contribution in [0.1, 0.15) is 29.2 Å². The van der Waals surface area contributed by atoms with E-state index in [1.54, 1.807) is 19.2 Å². The molecule has 0 bridgehead atoms. The van der Waals surface area contributed by atoms with Gasteiger partial charge in [0, 0.05) is 32.2 Å². The number of carboxylic acid groups (broad SMARTS) is 2. The van der Waals surface area contributed by atoms with E-state index in [0.29, 0.717) is 17.9 Å². The minimum atomic E-state index is -1.82. The average Bonchev–Trinajstić information content (AvgIpc) is 3.20. The molecule has 0 radical (unpaired) electrons. The first-order valence-electron chi connectivity index (χ1n) is 11.1. The number of hydrogen-bond donors (Lipinski definition) is 4. The summed E-state index contributed by atoms with van der Waals surface area (Å²) in [5.41, 5.74) is 2.38. The van der Waals surface area contributed by atoms with Crippen molar-refractivity contribution in [1.82, 2.24) is 19.8 Å². The van der Waals surface area contributed by atoms with Crippen LogP contribution in [0.2, 0.25) is 0 Å². The standard InChI is InChI=1S/C22H26N4O3.C2H2O4/c1-29-20-9-5-2-6-17(20)21(27)23-12-15-25-13-10-16(11-14-25)26-19-8-4-3-7-18(19)24-22(26)28;3-1(4)2(5)6/h2-9,16H,10-15H2,1H3,(H,23,27)(H,24,28);(H,3,4)(H,5,6). The summed E-state index contributed by atoms with van der Waals surface area (Å²) in [6.45, 7) is 3.17.